The van der Waals surface area contributed by atoms with Crippen molar-refractivity contribution in [3.8, 4) is 0 Å². The van der Waals surface area contributed by atoms with E-state index in [-0.39, 0.29) is 6.42 Å². The summed E-state index contributed by atoms with van der Waals surface area (Å²) in [7, 11) is -4.14. The van der Waals surface area contributed by atoms with Gasteiger partial charge < -0.3 is 10.6 Å². The molecule has 1 atom stereocenters. The second kappa shape index (κ2) is 11.5. The fraction of sp³-hybridized carbons (Fsp3) is 0.185. The molecule has 0 saturated carbocycles. The Labute approximate surface area is 206 Å². The fourth-order valence-corrected chi connectivity index (χ4v) is 4.41. The van der Waals surface area contributed by atoms with E-state index in [1.54, 1.807) is 73.7 Å². The lowest BCUT2D eigenvalue weighted by molar-refractivity contribution is -0.132. The number of sulfonamides is 1. The summed E-state index contributed by atoms with van der Waals surface area (Å²) in [6, 6.07) is 23.1. The molecule has 0 aromatic heterocycles. The number of aryl methyl sites for hydroxylation is 1. The monoisotopic (exact) mass is 491 g/mol. The van der Waals surface area contributed by atoms with Gasteiger partial charge in [0, 0.05) is 17.9 Å². The summed E-state index contributed by atoms with van der Waals surface area (Å²) in [5, 5.41) is 0.917. The highest BCUT2D eigenvalue weighted by atomic mass is 32.2. The van der Waals surface area contributed by atoms with Gasteiger partial charge in [0.1, 0.15) is 5.92 Å². The van der Waals surface area contributed by atoms with E-state index in [0.29, 0.717) is 29.0 Å². The van der Waals surface area contributed by atoms with E-state index in [1.807, 2.05) is 19.1 Å². The summed E-state index contributed by atoms with van der Waals surface area (Å²) in [5.74, 6) is -2.68. The van der Waals surface area contributed by atoms with Crippen molar-refractivity contribution in [1.29, 1.82) is 0 Å². The van der Waals surface area contributed by atoms with Crippen LogP contribution >= 0.6 is 0 Å². The van der Waals surface area contributed by atoms with Crippen molar-refractivity contribution in [2.45, 2.75) is 20.3 Å². The highest BCUT2D eigenvalue weighted by molar-refractivity contribution is 7.93. The van der Waals surface area contributed by atoms with Gasteiger partial charge in [-0.2, -0.15) is 0 Å². The van der Waals surface area contributed by atoms with Crippen molar-refractivity contribution >= 4 is 39.3 Å². The second-order valence-electron chi connectivity index (χ2n) is 8.09. The molecule has 182 valence electrons. The Hall–Kier alpha value is -3.91. The Bertz CT molecular complexity index is 1310. The van der Waals surface area contributed by atoms with Gasteiger partial charge in [-0.1, -0.05) is 60.7 Å². The molecule has 3 aromatic carbocycles. The molecule has 3 N–H and O–H groups in total. The van der Waals surface area contributed by atoms with Gasteiger partial charge in [0.25, 0.3) is 10.0 Å². The molecule has 0 fully saturated rings. The average Bonchev–Trinajstić information content (AvgIpc) is 2.85. The number of benzene rings is 3. The van der Waals surface area contributed by atoms with Gasteiger partial charge in [-0.25, -0.2) is 13.1 Å². The third-order valence-electron chi connectivity index (χ3n) is 5.53. The number of para-hydroxylation sites is 1. The van der Waals surface area contributed by atoms with E-state index in [1.165, 1.54) is 11.0 Å². The zero-order valence-corrected chi connectivity index (χ0v) is 20.5. The van der Waals surface area contributed by atoms with Gasteiger partial charge >= 0.3 is 0 Å². The number of nitrogens with zero attached hydrogens (tertiary/aromatic N) is 1. The molecule has 8 heteroatoms. The highest BCUT2D eigenvalue weighted by Gasteiger charge is 2.33. The predicted molar refractivity (Wildman–Crippen MR) is 140 cm³/mol. The van der Waals surface area contributed by atoms with E-state index < -0.39 is 27.8 Å². The molecule has 0 bridgehead atoms. The molecule has 0 heterocycles. The van der Waals surface area contributed by atoms with Crippen LogP contribution < -0.4 is 15.4 Å². The highest BCUT2D eigenvalue weighted by Crippen LogP contribution is 2.21. The maximum absolute atomic E-state index is 13.6. The third kappa shape index (κ3) is 7.04. The lowest BCUT2D eigenvalue weighted by atomic mass is 9.95. The molecule has 3 rings (SSSR count). The third-order valence-corrected chi connectivity index (χ3v) is 6.51. The van der Waals surface area contributed by atoms with E-state index >= 15 is 0 Å². The molecule has 3 aromatic rings. The van der Waals surface area contributed by atoms with Crippen LogP contribution in [0.25, 0.3) is 6.08 Å². The van der Waals surface area contributed by atoms with Crippen LogP contribution in [-0.4, -0.2) is 26.8 Å². The van der Waals surface area contributed by atoms with Crippen molar-refractivity contribution in [2.75, 3.05) is 17.2 Å². The van der Waals surface area contributed by atoms with Crippen molar-refractivity contribution in [3.05, 3.63) is 101 Å². The van der Waals surface area contributed by atoms with Gasteiger partial charge in [-0.3, -0.25) is 9.59 Å². The van der Waals surface area contributed by atoms with Crippen molar-refractivity contribution in [1.82, 2.24) is 4.72 Å². The number of rotatable bonds is 9. The number of hydrogen-bond acceptors (Lipinski definition) is 5. The SMILES string of the molecule is CCN(C(=O)C(Cc1ccc(C)c(N)c1)C(=O)NS(=O)(=O)C=Cc1ccccc1)c1ccccc1. The lowest BCUT2D eigenvalue weighted by Crippen LogP contribution is -2.46. The summed E-state index contributed by atoms with van der Waals surface area (Å²) < 4.78 is 27.3. The summed E-state index contributed by atoms with van der Waals surface area (Å²) in [4.78, 5) is 28.2. The van der Waals surface area contributed by atoms with Crippen LogP contribution in [0.3, 0.4) is 0 Å². The van der Waals surface area contributed by atoms with Gasteiger partial charge in [0.05, 0.1) is 5.41 Å². The normalized spacial score (nSPS) is 12.3. The van der Waals surface area contributed by atoms with E-state index in [9.17, 15) is 18.0 Å². The molecular formula is C27H29N3O4S. The number of nitrogens with two attached hydrogens (primary N) is 1. The lowest BCUT2D eigenvalue weighted by Gasteiger charge is -2.26. The van der Waals surface area contributed by atoms with Gasteiger partial charge in [-0.05, 0) is 61.2 Å². The van der Waals surface area contributed by atoms with Crippen molar-refractivity contribution in [2.24, 2.45) is 5.92 Å². The smallest absolute Gasteiger partial charge is 0.257 e. The molecule has 1 unspecified atom stereocenters. The van der Waals surface area contributed by atoms with Crippen LogP contribution in [0.1, 0.15) is 23.6 Å². The number of nitrogen functional groups attached to an aromatic ring is 1. The summed E-state index contributed by atoms with van der Waals surface area (Å²) in [6.45, 7) is 3.96. The number of hydrogen-bond donors (Lipinski definition) is 2. The second-order valence-corrected chi connectivity index (χ2v) is 9.66. The molecule has 35 heavy (non-hydrogen) atoms. The topological polar surface area (TPSA) is 110 Å². The standard InChI is InChI=1S/C27H29N3O4S/c1-3-30(23-12-8-5-9-13-23)27(32)24(18-22-15-14-20(2)25(28)19-22)26(31)29-35(33,34)17-16-21-10-6-4-7-11-21/h4-17,19,24H,3,18,28H2,1-2H3,(H,29,31). The molecule has 7 nitrogen and oxygen atoms in total. The Kier molecular flexibility index (Phi) is 8.43. The van der Waals surface area contributed by atoms with Crippen LogP contribution in [0.4, 0.5) is 11.4 Å². The zero-order chi connectivity index (χ0) is 25.4. The summed E-state index contributed by atoms with van der Waals surface area (Å²) in [5.41, 5.74) is 9.36. The van der Waals surface area contributed by atoms with Gasteiger partial charge in [0.2, 0.25) is 11.8 Å². The number of carbonyl (C=O) groups is 2. The quantitative estimate of drug-likeness (QED) is 0.348. The molecule has 2 amide bonds. The fourth-order valence-electron chi connectivity index (χ4n) is 3.58. The van der Waals surface area contributed by atoms with Crippen LogP contribution in [-0.2, 0) is 26.0 Å². The van der Waals surface area contributed by atoms with Crippen LogP contribution in [0.15, 0.2) is 84.3 Å². The van der Waals surface area contributed by atoms with Crippen LogP contribution in [0, 0.1) is 12.8 Å². The van der Waals surface area contributed by atoms with Crippen LogP contribution in [0.2, 0.25) is 0 Å². The molecule has 0 saturated heterocycles. The molecule has 0 aliphatic heterocycles. The minimum atomic E-state index is -4.14. The van der Waals surface area contributed by atoms with Gasteiger partial charge in [-0.15, -0.1) is 0 Å². The Morgan fingerprint density at radius 2 is 1.63 bits per heavy atom. The molecule has 0 radical (unpaired) electrons. The number of nitrogens with one attached hydrogen (secondary N) is 1. The minimum Gasteiger partial charge on any atom is -0.399 e. The molecular weight excluding hydrogens is 462 g/mol. The first-order chi connectivity index (χ1) is 16.7. The number of amides is 2. The average molecular weight is 492 g/mol. The largest absolute Gasteiger partial charge is 0.399 e. The Morgan fingerprint density at radius 1 is 1.00 bits per heavy atom. The first-order valence-corrected chi connectivity index (χ1v) is 12.8. The number of carbonyl (C=O) groups excluding carboxylic acids is 2. The number of anilines is 2. The van der Waals surface area contributed by atoms with E-state index in [2.05, 4.69) is 4.72 Å². The van der Waals surface area contributed by atoms with E-state index in [4.69, 9.17) is 5.73 Å². The van der Waals surface area contributed by atoms with Gasteiger partial charge in [0.15, 0.2) is 0 Å². The molecule has 0 aliphatic carbocycles. The Balaban J connectivity index is 1.90. The van der Waals surface area contributed by atoms with Crippen molar-refractivity contribution < 1.29 is 18.0 Å². The molecule has 0 aliphatic rings. The maximum atomic E-state index is 13.6. The summed E-state index contributed by atoms with van der Waals surface area (Å²) >= 11 is 0. The maximum Gasteiger partial charge on any atom is 0.257 e. The molecule has 0 spiro atoms. The van der Waals surface area contributed by atoms with Crippen molar-refractivity contribution in [3.63, 3.8) is 0 Å². The zero-order valence-electron chi connectivity index (χ0n) is 19.7. The summed E-state index contributed by atoms with van der Waals surface area (Å²) in [6.07, 6.45) is 1.38. The predicted octanol–water partition coefficient (Wildman–Crippen LogP) is 3.91. The first kappa shape index (κ1) is 25.7. The van der Waals surface area contributed by atoms with E-state index in [0.717, 1.165) is 11.0 Å². The minimum absolute atomic E-state index is 0.00357. The first-order valence-electron chi connectivity index (χ1n) is 11.2. The Morgan fingerprint density at radius 3 is 2.23 bits per heavy atom. The van der Waals surface area contributed by atoms with Crippen LogP contribution in [0.5, 0.6) is 0 Å².